The maximum absolute atomic E-state index is 12.5. The molecule has 6 heteroatoms. The van der Waals surface area contributed by atoms with Gasteiger partial charge < -0.3 is 9.84 Å². The van der Waals surface area contributed by atoms with E-state index in [2.05, 4.69) is 0 Å². The number of alkyl halides is 3. The first-order valence-electron chi connectivity index (χ1n) is 5.73. The minimum atomic E-state index is -4.58. The Balaban J connectivity index is 2.43. The third kappa shape index (κ3) is 3.59. The van der Waals surface area contributed by atoms with Gasteiger partial charge in [-0.3, -0.25) is 4.79 Å². The summed E-state index contributed by atoms with van der Waals surface area (Å²) in [6.45, 7) is 1.96. The standard InChI is InChI=1S/C11H17F3O3/c1-2-17-9(15)7-8-3-5-10(16,6-4-8)11(12,13)14/h8,16H,2-7H2,1H3. The molecule has 1 aliphatic carbocycles. The fourth-order valence-corrected chi connectivity index (χ4v) is 2.10. The Morgan fingerprint density at radius 1 is 1.41 bits per heavy atom. The van der Waals surface area contributed by atoms with Crippen LogP contribution >= 0.6 is 0 Å². The lowest BCUT2D eigenvalue weighted by atomic mass is 9.77. The van der Waals surface area contributed by atoms with Crippen molar-refractivity contribution >= 4 is 5.97 Å². The average Bonchev–Trinajstić information content (AvgIpc) is 2.20. The molecule has 0 spiro atoms. The molecule has 1 aliphatic rings. The van der Waals surface area contributed by atoms with Gasteiger partial charge >= 0.3 is 12.1 Å². The van der Waals surface area contributed by atoms with Gasteiger partial charge in [0.05, 0.1) is 6.61 Å². The number of esters is 1. The van der Waals surface area contributed by atoms with Crippen molar-refractivity contribution in [3.05, 3.63) is 0 Å². The van der Waals surface area contributed by atoms with Crippen LogP contribution in [0.25, 0.3) is 0 Å². The van der Waals surface area contributed by atoms with Crippen LogP contribution in [0.1, 0.15) is 39.0 Å². The maximum Gasteiger partial charge on any atom is 0.417 e. The molecule has 0 aromatic carbocycles. The van der Waals surface area contributed by atoms with E-state index in [9.17, 15) is 23.1 Å². The smallest absolute Gasteiger partial charge is 0.417 e. The fourth-order valence-electron chi connectivity index (χ4n) is 2.10. The lowest BCUT2D eigenvalue weighted by Crippen LogP contribution is -2.47. The molecule has 1 N–H and O–H groups in total. The first-order valence-corrected chi connectivity index (χ1v) is 5.73. The number of ether oxygens (including phenoxy) is 1. The Morgan fingerprint density at radius 3 is 2.35 bits per heavy atom. The molecule has 17 heavy (non-hydrogen) atoms. The van der Waals surface area contributed by atoms with Gasteiger partial charge in [0.15, 0.2) is 5.60 Å². The summed E-state index contributed by atoms with van der Waals surface area (Å²) in [5.74, 6) is -0.494. The molecule has 0 amide bonds. The van der Waals surface area contributed by atoms with Crippen LogP contribution < -0.4 is 0 Å². The minimum absolute atomic E-state index is 0.114. The van der Waals surface area contributed by atoms with Gasteiger partial charge in [0.25, 0.3) is 0 Å². The number of halogens is 3. The summed E-state index contributed by atoms with van der Waals surface area (Å²) in [6, 6.07) is 0. The highest BCUT2D eigenvalue weighted by molar-refractivity contribution is 5.69. The quantitative estimate of drug-likeness (QED) is 0.787. The monoisotopic (exact) mass is 254 g/mol. The van der Waals surface area contributed by atoms with E-state index in [1.54, 1.807) is 6.92 Å². The summed E-state index contributed by atoms with van der Waals surface area (Å²) >= 11 is 0. The summed E-state index contributed by atoms with van der Waals surface area (Å²) in [6.07, 6.45) is -4.70. The molecule has 3 nitrogen and oxygen atoms in total. The van der Waals surface area contributed by atoms with Crippen molar-refractivity contribution in [1.29, 1.82) is 0 Å². The van der Waals surface area contributed by atoms with Crippen molar-refractivity contribution in [2.75, 3.05) is 6.61 Å². The van der Waals surface area contributed by atoms with Crippen LogP contribution in [0.2, 0.25) is 0 Å². The van der Waals surface area contributed by atoms with Crippen LogP contribution in [0.3, 0.4) is 0 Å². The van der Waals surface area contributed by atoms with Gasteiger partial charge in [-0.15, -0.1) is 0 Å². The van der Waals surface area contributed by atoms with E-state index in [4.69, 9.17) is 4.74 Å². The van der Waals surface area contributed by atoms with Gasteiger partial charge in [0.1, 0.15) is 0 Å². The van der Waals surface area contributed by atoms with E-state index >= 15 is 0 Å². The molecule has 0 aliphatic heterocycles. The summed E-state index contributed by atoms with van der Waals surface area (Å²) in [4.78, 5) is 11.2. The molecule has 0 atom stereocenters. The molecule has 0 bridgehead atoms. The maximum atomic E-state index is 12.5. The minimum Gasteiger partial charge on any atom is -0.466 e. The van der Waals surface area contributed by atoms with Gasteiger partial charge in [-0.1, -0.05) is 0 Å². The van der Waals surface area contributed by atoms with Crippen molar-refractivity contribution < 1.29 is 27.8 Å². The predicted octanol–water partition coefficient (Wildman–Crippen LogP) is 2.42. The normalized spacial score (nSPS) is 30.1. The highest BCUT2D eigenvalue weighted by Gasteiger charge is 2.54. The van der Waals surface area contributed by atoms with Gasteiger partial charge in [-0.25, -0.2) is 0 Å². The Labute approximate surface area is 97.9 Å². The van der Waals surface area contributed by atoms with Gasteiger partial charge in [-0.05, 0) is 38.5 Å². The second kappa shape index (κ2) is 5.25. The van der Waals surface area contributed by atoms with Gasteiger partial charge in [0, 0.05) is 6.42 Å². The van der Waals surface area contributed by atoms with Crippen LogP contribution in [-0.4, -0.2) is 29.5 Å². The molecule has 0 saturated heterocycles. The third-order valence-electron chi connectivity index (χ3n) is 3.22. The van der Waals surface area contributed by atoms with Crippen LogP contribution in [0.5, 0.6) is 0 Å². The number of carbonyl (C=O) groups excluding carboxylic acids is 1. The zero-order valence-corrected chi connectivity index (χ0v) is 9.72. The van der Waals surface area contributed by atoms with Crippen molar-refractivity contribution in [3.8, 4) is 0 Å². The Hall–Kier alpha value is -0.780. The van der Waals surface area contributed by atoms with E-state index in [1.807, 2.05) is 0 Å². The summed E-state index contributed by atoms with van der Waals surface area (Å²) < 4.78 is 42.2. The first-order chi connectivity index (χ1) is 7.78. The van der Waals surface area contributed by atoms with Crippen molar-refractivity contribution in [1.82, 2.24) is 0 Å². The van der Waals surface area contributed by atoms with Gasteiger partial charge in [0.2, 0.25) is 0 Å². The average molecular weight is 254 g/mol. The lowest BCUT2D eigenvalue weighted by molar-refractivity contribution is -0.272. The predicted molar refractivity (Wildman–Crippen MR) is 54.2 cm³/mol. The van der Waals surface area contributed by atoms with Crippen LogP contribution in [0.15, 0.2) is 0 Å². The molecule has 1 rings (SSSR count). The van der Waals surface area contributed by atoms with E-state index < -0.39 is 11.8 Å². The number of rotatable bonds is 3. The molecule has 0 radical (unpaired) electrons. The summed E-state index contributed by atoms with van der Waals surface area (Å²) in [7, 11) is 0. The number of aliphatic hydroxyl groups is 1. The van der Waals surface area contributed by atoms with E-state index in [0.29, 0.717) is 0 Å². The Kier molecular flexibility index (Phi) is 4.41. The second-order valence-corrected chi connectivity index (χ2v) is 4.48. The summed E-state index contributed by atoms with van der Waals surface area (Å²) in [5.41, 5.74) is -2.57. The molecule has 0 unspecified atom stereocenters. The fraction of sp³-hybridized carbons (Fsp3) is 0.909. The van der Waals surface area contributed by atoms with E-state index in [0.717, 1.165) is 0 Å². The van der Waals surface area contributed by atoms with Crippen LogP contribution in [-0.2, 0) is 9.53 Å². The number of carbonyl (C=O) groups is 1. The zero-order valence-electron chi connectivity index (χ0n) is 9.72. The molecule has 1 fully saturated rings. The topological polar surface area (TPSA) is 46.5 Å². The van der Waals surface area contributed by atoms with E-state index in [1.165, 1.54) is 0 Å². The molecular weight excluding hydrogens is 237 g/mol. The molecule has 100 valence electrons. The molecular formula is C11H17F3O3. The van der Waals surface area contributed by atoms with Crippen molar-refractivity contribution in [2.45, 2.75) is 50.8 Å². The van der Waals surface area contributed by atoms with Gasteiger partial charge in [-0.2, -0.15) is 13.2 Å². The Morgan fingerprint density at radius 2 is 1.94 bits per heavy atom. The largest absolute Gasteiger partial charge is 0.466 e. The summed E-state index contributed by atoms with van der Waals surface area (Å²) in [5, 5.41) is 9.42. The van der Waals surface area contributed by atoms with Crippen molar-refractivity contribution in [2.24, 2.45) is 5.92 Å². The van der Waals surface area contributed by atoms with E-state index in [-0.39, 0.29) is 50.6 Å². The molecule has 0 heterocycles. The number of hydrogen-bond donors (Lipinski definition) is 1. The highest BCUT2D eigenvalue weighted by Crippen LogP contribution is 2.43. The molecule has 0 aromatic heterocycles. The van der Waals surface area contributed by atoms with Crippen molar-refractivity contribution in [3.63, 3.8) is 0 Å². The third-order valence-corrected chi connectivity index (χ3v) is 3.22. The second-order valence-electron chi connectivity index (χ2n) is 4.48. The molecule has 1 saturated carbocycles. The van der Waals surface area contributed by atoms with Crippen LogP contribution in [0, 0.1) is 5.92 Å². The van der Waals surface area contributed by atoms with Crippen LogP contribution in [0.4, 0.5) is 13.2 Å². The highest BCUT2D eigenvalue weighted by atomic mass is 19.4. The molecule has 0 aromatic rings. The Bertz CT molecular complexity index is 268. The number of hydrogen-bond acceptors (Lipinski definition) is 3. The lowest BCUT2D eigenvalue weighted by Gasteiger charge is -2.36. The first kappa shape index (κ1) is 14.3. The zero-order chi connectivity index (χ0) is 13.1. The SMILES string of the molecule is CCOC(=O)CC1CCC(O)(C(F)(F)F)CC1.